The average Bonchev–Trinajstić information content (AvgIpc) is 3.26. The molecule has 5 nitrogen and oxygen atoms in total. The molecule has 0 spiro atoms. The highest BCUT2D eigenvalue weighted by atomic mass is 32.2. The number of nitrogens with one attached hydrogen (secondary N) is 1. The molecular weight excluding hydrogens is 378 g/mol. The number of rotatable bonds is 8. The smallest absolute Gasteiger partial charge is 0.276 e. The highest BCUT2D eigenvalue weighted by Gasteiger charge is 2.19. The van der Waals surface area contributed by atoms with Crippen LogP contribution in [0, 0.1) is 12.8 Å². The second kappa shape index (κ2) is 9.55. The lowest BCUT2D eigenvalue weighted by Gasteiger charge is -2.15. The summed E-state index contributed by atoms with van der Waals surface area (Å²) in [6, 6.07) is 3.72. The summed E-state index contributed by atoms with van der Waals surface area (Å²) < 4.78 is 6.14. The zero-order valence-electron chi connectivity index (χ0n) is 16.2. The van der Waals surface area contributed by atoms with E-state index < -0.39 is 0 Å². The summed E-state index contributed by atoms with van der Waals surface area (Å²) in [5.41, 5.74) is 0.380. The Balaban J connectivity index is 1.75. The van der Waals surface area contributed by atoms with Crippen molar-refractivity contribution >= 4 is 34.1 Å². The van der Waals surface area contributed by atoms with E-state index in [0.717, 1.165) is 40.7 Å². The number of aromatic nitrogens is 2. The topological polar surface area (TPSA) is 64.1 Å². The fraction of sp³-hybridized carbons (Fsp3) is 0.550. The van der Waals surface area contributed by atoms with Gasteiger partial charge in [0.15, 0.2) is 5.13 Å². The predicted molar refractivity (Wildman–Crippen MR) is 112 cm³/mol. The molecule has 1 aliphatic rings. The van der Waals surface area contributed by atoms with Gasteiger partial charge in [-0.3, -0.25) is 10.1 Å². The Labute approximate surface area is 169 Å². The third-order valence-electron chi connectivity index (χ3n) is 4.40. The van der Waals surface area contributed by atoms with Crippen molar-refractivity contribution in [3.8, 4) is 5.75 Å². The predicted octanol–water partition coefficient (Wildman–Crippen LogP) is 5.56. The molecule has 0 unspecified atom stereocenters. The summed E-state index contributed by atoms with van der Waals surface area (Å²) in [7, 11) is 0. The number of anilines is 1. The molecule has 2 aromatic heterocycles. The number of nitrogens with zero attached hydrogens (tertiary/aromatic N) is 2. The molecular formula is C20H27N3O2S2. The third kappa shape index (κ3) is 6.21. The van der Waals surface area contributed by atoms with Crippen LogP contribution in [0.3, 0.4) is 0 Å². The molecule has 0 bridgehead atoms. The molecule has 1 N–H and O–H groups in total. The van der Waals surface area contributed by atoms with Gasteiger partial charge in [-0.05, 0) is 50.7 Å². The zero-order valence-corrected chi connectivity index (χ0v) is 17.8. The number of hydrogen-bond donors (Lipinski definition) is 1. The Morgan fingerprint density at radius 3 is 2.81 bits per heavy atom. The molecule has 0 aromatic carbocycles. The fourth-order valence-electron chi connectivity index (χ4n) is 2.91. The summed E-state index contributed by atoms with van der Waals surface area (Å²) in [4.78, 5) is 22.5. The Bertz CT molecular complexity index is 770. The fourth-order valence-corrected chi connectivity index (χ4v) is 4.73. The van der Waals surface area contributed by atoms with Crippen molar-refractivity contribution < 1.29 is 9.53 Å². The first kappa shape index (κ1) is 20.1. The molecule has 7 heteroatoms. The number of carbonyl (C=O) groups is 1. The molecule has 27 heavy (non-hydrogen) atoms. The molecule has 146 valence electrons. The Morgan fingerprint density at radius 1 is 1.37 bits per heavy atom. The van der Waals surface area contributed by atoms with Crippen molar-refractivity contribution in [2.75, 3.05) is 11.1 Å². The van der Waals surface area contributed by atoms with E-state index in [9.17, 15) is 4.79 Å². The van der Waals surface area contributed by atoms with Gasteiger partial charge in [0.2, 0.25) is 0 Å². The van der Waals surface area contributed by atoms with Gasteiger partial charge < -0.3 is 4.74 Å². The standard InChI is InChI=1S/C20H27N3O2S2/c1-13(2)8-9-26-18-11-16(25-15-6-4-5-7-15)10-17(22-18)19(24)23-20-21-12-14(3)27-20/h10-13,15H,4-9H2,1-3H3,(H,21,23,24). The number of thioether (sulfide) groups is 1. The van der Waals surface area contributed by atoms with Crippen molar-refractivity contribution in [1.29, 1.82) is 0 Å². The van der Waals surface area contributed by atoms with Crippen LogP contribution in [0.15, 0.2) is 23.4 Å². The molecule has 2 heterocycles. The first-order valence-electron chi connectivity index (χ1n) is 9.55. The molecule has 0 aliphatic heterocycles. The summed E-state index contributed by atoms with van der Waals surface area (Å²) >= 11 is 3.13. The lowest BCUT2D eigenvalue weighted by molar-refractivity contribution is 0.102. The summed E-state index contributed by atoms with van der Waals surface area (Å²) in [5, 5.41) is 4.28. The Kier molecular flexibility index (Phi) is 7.13. The van der Waals surface area contributed by atoms with E-state index in [4.69, 9.17) is 4.74 Å². The van der Waals surface area contributed by atoms with E-state index in [1.54, 1.807) is 24.0 Å². The van der Waals surface area contributed by atoms with E-state index in [0.29, 0.717) is 16.7 Å². The summed E-state index contributed by atoms with van der Waals surface area (Å²) in [5.74, 6) is 2.12. The van der Waals surface area contributed by atoms with Crippen LogP contribution in [0.4, 0.5) is 5.13 Å². The van der Waals surface area contributed by atoms with Crippen LogP contribution < -0.4 is 10.1 Å². The molecule has 1 fully saturated rings. The maximum atomic E-state index is 12.7. The number of hydrogen-bond acceptors (Lipinski definition) is 6. The van der Waals surface area contributed by atoms with Crippen molar-refractivity contribution in [3.05, 3.63) is 28.9 Å². The van der Waals surface area contributed by atoms with Gasteiger partial charge in [-0.2, -0.15) is 0 Å². The first-order valence-corrected chi connectivity index (χ1v) is 11.3. The molecule has 0 radical (unpaired) electrons. The van der Waals surface area contributed by atoms with Gasteiger partial charge in [0.25, 0.3) is 5.91 Å². The number of pyridine rings is 1. The van der Waals surface area contributed by atoms with Crippen LogP contribution in [0.2, 0.25) is 0 Å². The van der Waals surface area contributed by atoms with Gasteiger partial charge in [0.1, 0.15) is 16.5 Å². The Morgan fingerprint density at radius 2 is 2.15 bits per heavy atom. The van der Waals surface area contributed by atoms with E-state index in [1.165, 1.54) is 24.2 Å². The maximum Gasteiger partial charge on any atom is 0.276 e. The summed E-state index contributed by atoms with van der Waals surface area (Å²) in [6.07, 6.45) is 7.69. The lowest BCUT2D eigenvalue weighted by Crippen LogP contribution is -2.16. The monoisotopic (exact) mass is 405 g/mol. The van der Waals surface area contributed by atoms with Crippen LogP contribution >= 0.6 is 23.1 Å². The highest BCUT2D eigenvalue weighted by Crippen LogP contribution is 2.29. The van der Waals surface area contributed by atoms with E-state index in [2.05, 4.69) is 29.1 Å². The molecule has 1 aliphatic carbocycles. The van der Waals surface area contributed by atoms with Crippen LogP contribution in [-0.2, 0) is 0 Å². The third-order valence-corrected chi connectivity index (χ3v) is 6.17. The molecule has 3 rings (SSSR count). The van der Waals surface area contributed by atoms with E-state index in [1.807, 2.05) is 13.0 Å². The number of amides is 1. The van der Waals surface area contributed by atoms with Crippen molar-refractivity contribution in [2.24, 2.45) is 5.92 Å². The van der Waals surface area contributed by atoms with Gasteiger partial charge in [0.05, 0.1) is 6.10 Å². The van der Waals surface area contributed by atoms with Gasteiger partial charge in [0, 0.05) is 23.2 Å². The van der Waals surface area contributed by atoms with Gasteiger partial charge in [-0.15, -0.1) is 23.1 Å². The minimum atomic E-state index is -0.244. The van der Waals surface area contributed by atoms with E-state index >= 15 is 0 Å². The maximum absolute atomic E-state index is 12.7. The van der Waals surface area contributed by atoms with Crippen molar-refractivity contribution in [1.82, 2.24) is 9.97 Å². The zero-order chi connectivity index (χ0) is 19.2. The van der Waals surface area contributed by atoms with Crippen LogP contribution in [0.5, 0.6) is 5.75 Å². The quantitative estimate of drug-likeness (QED) is 0.583. The number of carbonyl (C=O) groups excluding carboxylic acids is 1. The van der Waals surface area contributed by atoms with Crippen molar-refractivity contribution in [2.45, 2.75) is 64.0 Å². The minimum Gasteiger partial charge on any atom is -0.490 e. The minimum absolute atomic E-state index is 0.244. The molecule has 0 saturated heterocycles. The number of aryl methyl sites for hydroxylation is 1. The average molecular weight is 406 g/mol. The molecule has 1 amide bonds. The highest BCUT2D eigenvalue weighted by molar-refractivity contribution is 7.99. The van der Waals surface area contributed by atoms with Crippen LogP contribution in [0.25, 0.3) is 0 Å². The van der Waals surface area contributed by atoms with Gasteiger partial charge >= 0.3 is 0 Å². The Hall–Kier alpha value is -1.60. The van der Waals surface area contributed by atoms with E-state index in [-0.39, 0.29) is 12.0 Å². The summed E-state index contributed by atoms with van der Waals surface area (Å²) in [6.45, 7) is 6.39. The first-order chi connectivity index (χ1) is 13.0. The molecule has 0 atom stereocenters. The van der Waals surface area contributed by atoms with Crippen LogP contribution in [-0.4, -0.2) is 27.7 Å². The van der Waals surface area contributed by atoms with Crippen molar-refractivity contribution in [3.63, 3.8) is 0 Å². The van der Waals surface area contributed by atoms with Gasteiger partial charge in [-0.25, -0.2) is 9.97 Å². The second-order valence-electron chi connectivity index (χ2n) is 7.31. The SMILES string of the molecule is Cc1cnc(NC(=O)c2cc(OC3CCCC3)cc(SCCC(C)C)n2)s1. The largest absolute Gasteiger partial charge is 0.490 e. The number of thiazole rings is 1. The van der Waals surface area contributed by atoms with Crippen LogP contribution in [0.1, 0.15) is 61.3 Å². The number of ether oxygens (including phenoxy) is 1. The molecule has 1 saturated carbocycles. The lowest BCUT2D eigenvalue weighted by atomic mass is 10.2. The normalized spacial score (nSPS) is 14.7. The second-order valence-corrected chi connectivity index (χ2v) is 9.66. The molecule has 2 aromatic rings. The van der Waals surface area contributed by atoms with Gasteiger partial charge in [-0.1, -0.05) is 13.8 Å².